The van der Waals surface area contributed by atoms with E-state index in [0.717, 1.165) is 5.69 Å². The van der Waals surface area contributed by atoms with Crippen molar-refractivity contribution < 1.29 is 9.90 Å². The lowest BCUT2D eigenvalue weighted by Gasteiger charge is -2.17. The van der Waals surface area contributed by atoms with Crippen LogP contribution in [-0.4, -0.2) is 16.1 Å². The Labute approximate surface area is 101 Å². The first-order valence-corrected chi connectivity index (χ1v) is 6.13. The van der Waals surface area contributed by atoms with Crippen LogP contribution in [0.15, 0.2) is 24.4 Å². The van der Waals surface area contributed by atoms with Crippen molar-refractivity contribution in [1.29, 1.82) is 0 Å². The van der Waals surface area contributed by atoms with Gasteiger partial charge in [-0.3, -0.25) is 4.98 Å². The van der Waals surface area contributed by atoms with Crippen molar-refractivity contribution in [2.45, 2.75) is 32.1 Å². The number of carbonyl (C=O) groups is 1. The Kier molecular flexibility index (Phi) is 3.91. The average Bonchev–Trinajstić information content (AvgIpc) is 2.38. The number of carboxylic acids is 1. The fraction of sp³-hybridized carbons (Fsp3) is 0.429. The van der Waals surface area contributed by atoms with Crippen LogP contribution in [0.4, 0.5) is 0 Å². The Hall–Kier alpha value is -1.64. The van der Waals surface area contributed by atoms with Gasteiger partial charge in [0.05, 0.1) is 11.3 Å². The summed E-state index contributed by atoms with van der Waals surface area (Å²) in [5.41, 5.74) is 1.07. The number of aromatic nitrogens is 1. The van der Waals surface area contributed by atoms with Gasteiger partial charge in [0.2, 0.25) is 0 Å². The van der Waals surface area contributed by atoms with E-state index in [1.807, 2.05) is 6.08 Å². The molecule has 0 saturated heterocycles. The Morgan fingerprint density at radius 1 is 1.29 bits per heavy atom. The summed E-state index contributed by atoms with van der Waals surface area (Å²) in [5.74, 6) is -0.259. The minimum atomic E-state index is -0.930. The molecule has 0 bridgehead atoms. The van der Waals surface area contributed by atoms with Crippen molar-refractivity contribution in [2.75, 3.05) is 0 Å². The second-order valence-electron chi connectivity index (χ2n) is 4.53. The molecule has 1 aliphatic rings. The van der Waals surface area contributed by atoms with E-state index in [-0.39, 0.29) is 5.56 Å². The lowest BCUT2D eigenvalue weighted by Crippen LogP contribution is -2.02. The van der Waals surface area contributed by atoms with Crippen molar-refractivity contribution >= 4 is 12.0 Å². The van der Waals surface area contributed by atoms with Crippen molar-refractivity contribution in [2.24, 2.45) is 5.92 Å². The molecule has 0 amide bonds. The highest BCUT2D eigenvalue weighted by Crippen LogP contribution is 2.25. The van der Waals surface area contributed by atoms with Gasteiger partial charge in [-0.2, -0.15) is 0 Å². The van der Waals surface area contributed by atoms with Gasteiger partial charge >= 0.3 is 5.97 Å². The maximum Gasteiger partial charge on any atom is 0.337 e. The van der Waals surface area contributed by atoms with E-state index in [0.29, 0.717) is 5.92 Å². The average molecular weight is 231 g/mol. The highest BCUT2D eigenvalue weighted by molar-refractivity contribution is 5.87. The molecule has 3 nitrogen and oxygen atoms in total. The first-order valence-electron chi connectivity index (χ1n) is 6.13. The van der Waals surface area contributed by atoms with E-state index in [1.165, 1.54) is 38.3 Å². The van der Waals surface area contributed by atoms with Crippen LogP contribution >= 0.6 is 0 Å². The Balaban J connectivity index is 1.98. The molecule has 1 N–H and O–H groups in total. The van der Waals surface area contributed by atoms with Gasteiger partial charge in [-0.1, -0.05) is 25.3 Å². The van der Waals surface area contributed by atoms with E-state index < -0.39 is 5.97 Å². The van der Waals surface area contributed by atoms with Crippen molar-refractivity contribution in [3.63, 3.8) is 0 Å². The van der Waals surface area contributed by atoms with Gasteiger partial charge in [-0.05, 0) is 37.0 Å². The second-order valence-corrected chi connectivity index (χ2v) is 4.53. The zero-order valence-corrected chi connectivity index (χ0v) is 9.80. The predicted octanol–water partition coefficient (Wildman–Crippen LogP) is 3.37. The summed E-state index contributed by atoms with van der Waals surface area (Å²) in [7, 11) is 0. The molecular weight excluding hydrogens is 214 g/mol. The SMILES string of the molecule is O=C(O)c1ccc(/C=C/C2CCCCC2)nc1. The third-order valence-corrected chi connectivity index (χ3v) is 3.22. The Morgan fingerprint density at radius 2 is 2.06 bits per heavy atom. The summed E-state index contributed by atoms with van der Waals surface area (Å²) in [6.07, 6.45) is 12.1. The molecule has 90 valence electrons. The number of rotatable bonds is 3. The third-order valence-electron chi connectivity index (χ3n) is 3.22. The maximum absolute atomic E-state index is 10.7. The lowest BCUT2D eigenvalue weighted by atomic mass is 9.89. The van der Waals surface area contributed by atoms with E-state index >= 15 is 0 Å². The molecule has 17 heavy (non-hydrogen) atoms. The molecule has 0 spiro atoms. The van der Waals surface area contributed by atoms with Crippen LogP contribution in [0.5, 0.6) is 0 Å². The van der Waals surface area contributed by atoms with Crippen molar-refractivity contribution in [1.82, 2.24) is 4.98 Å². The molecule has 0 unspecified atom stereocenters. The van der Waals surface area contributed by atoms with Crippen LogP contribution in [0.1, 0.15) is 48.2 Å². The summed E-state index contributed by atoms with van der Waals surface area (Å²) in [4.78, 5) is 14.8. The summed E-state index contributed by atoms with van der Waals surface area (Å²) in [6, 6.07) is 3.35. The first kappa shape index (κ1) is 11.8. The Morgan fingerprint density at radius 3 is 2.65 bits per heavy atom. The monoisotopic (exact) mass is 231 g/mol. The van der Waals surface area contributed by atoms with Gasteiger partial charge in [0.15, 0.2) is 0 Å². The van der Waals surface area contributed by atoms with Crippen LogP contribution in [0, 0.1) is 5.92 Å². The molecular formula is C14H17NO2. The minimum absolute atomic E-state index is 0.236. The van der Waals surface area contributed by atoms with Crippen LogP contribution in [0.25, 0.3) is 6.08 Å². The third kappa shape index (κ3) is 3.41. The fourth-order valence-electron chi connectivity index (χ4n) is 2.19. The van der Waals surface area contributed by atoms with Gasteiger partial charge in [0.25, 0.3) is 0 Å². The molecule has 1 saturated carbocycles. The zero-order chi connectivity index (χ0) is 12.1. The van der Waals surface area contributed by atoms with Crippen LogP contribution in [0.3, 0.4) is 0 Å². The highest BCUT2D eigenvalue weighted by atomic mass is 16.4. The van der Waals surface area contributed by atoms with E-state index in [1.54, 1.807) is 12.1 Å². The van der Waals surface area contributed by atoms with Gasteiger partial charge in [0, 0.05) is 6.20 Å². The molecule has 0 radical (unpaired) electrons. The normalized spacial score (nSPS) is 17.4. The van der Waals surface area contributed by atoms with Crippen molar-refractivity contribution in [3.8, 4) is 0 Å². The smallest absolute Gasteiger partial charge is 0.337 e. The number of nitrogens with zero attached hydrogens (tertiary/aromatic N) is 1. The number of carboxylic acid groups (broad SMARTS) is 1. The van der Waals surface area contributed by atoms with Crippen LogP contribution in [-0.2, 0) is 0 Å². The summed E-state index contributed by atoms with van der Waals surface area (Å²) in [5, 5.41) is 8.75. The first-order chi connectivity index (χ1) is 8.25. The number of aromatic carboxylic acids is 1. The van der Waals surface area contributed by atoms with Crippen LogP contribution < -0.4 is 0 Å². The van der Waals surface area contributed by atoms with Crippen molar-refractivity contribution in [3.05, 3.63) is 35.7 Å². The predicted molar refractivity (Wildman–Crippen MR) is 66.8 cm³/mol. The van der Waals surface area contributed by atoms with Gasteiger partial charge < -0.3 is 5.11 Å². The quantitative estimate of drug-likeness (QED) is 0.867. The molecule has 1 aliphatic carbocycles. The van der Waals surface area contributed by atoms with Gasteiger partial charge in [0.1, 0.15) is 0 Å². The number of pyridine rings is 1. The lowest BCUT2D eigenvalue weighted by molar-refractivity contribution is 0.0696. The number of hydrogen-bond donors (Lipinski definition) is 1. The number of allylic oxidation sites excluding steroid dienone is 1. The Bertz CT molecular complexity index is 403. The highest BCUT2D eigenvalue weighted by Gasteiger charge is 2.09. The molecule has 1 aromatic heterocycles. The molecule has 2 rings (SSSR count). The van der Waals surface area contributed by atoms with E-state index in [9.17, 15) is 4.79 Å². The zero-order valence-electron chi connectivity index (χ0n) is 9.80. The topological polar surface area (TPSA) is 50.2 Å². The summed E-state index contributed by atoms with van der Waals surface area (Å²) in [6.45, 7) is 0. The molecule has 3 heteroatoms. The van der Waals surface area contributed by atoms with Gasteiger partial charge in [-0.25, -0.2) is 4.79 Å². The summed E-state index contributed by atoms with van der Waals surface area (Å²) >= 11 is 0. The fourth-order valence-corrected chi connectivity index (χ4v) is 2.19. The van der Waals surface area contributed by atoms with E-state index in [2.05, 4.69) is 11.1 Å². The molecule has 1 aromatic rings. The maximum atomic E-state index is 10.7. The summed E-state index contributed by atoms with van der Waals surface area (Å²) < 4.78 is 0. The molecule has 0 aliphatic heterocycles. The van der Waals surface area contributed by atoms with Gasteiger partial charge in [-0.15, -0.1) is 0 Å². The molecule has 0 aromatic carbocycles. The molecule has 1 fully saturated rings. The molecule has 0 atom stereocenters. The number of hydrogen-bond acceptors (Lipinski definition) is 2. The standard InChI is InChI=1S/C14H17NO2/c16-14(17)12-7-9-13(15-10-12)8-6-11-4-2-1-3-5-11/h6-11H,1-5H2,(H,16,17)/b8-6+. The van der Waals surface area contributed by atoms with E-state index in [4.69, 9.17) is 5.11 Å². The minimum Gasteiger partial charge on any atom is -0.478 e. The van der Waals surface area contributed by atoms with Crippen LogP contribution in [0.2, 0.25) is 0 Å². The molecule has 1 heterocycles. The largest absolute Gasteiger partial charge is 0.478 e. The second kappa shape index (κ2) is 5.62.